The minimum atomic E-state index is 0.368. The summed E-state index contributed by atoms with van der Waals surface area (Å²) in [4.78, 5) is 0. The second-order valence-corrected chi connectivity index (χ2v) is 5.90. The van der Waals surface area contributed by atoms with Gasteiger partial charge in [0.15, 0.2) is 5.11 Å². The summed E-state index contributed by atoms with van der Waals surface area (Å²) in [5, 5.41) is 8.32. The van der Waals surface area contributed by atoms with Crippen molar-refractivity contribution in [2.75, 3.05) is 10.6 Å². The van der Waals surface area contributed by atoms with Crippen molar-refractivity contribution >= 4 is 75.1 Å². The monoisotopic (exact) mass is 364 g/mol. The van der Waals surface area contributed by atoms with E-state index in [4.69, 9.17) is 58.6 Å². The third kappa shape index (κ3) is 4.14. The predicted octanol–water partition coefficient (Wildman–Crippen LogP) is 6.11. The highest BCUT2D eigenvalue weighted by molar-refractivity contribution is 7.80. The molecule has 0 radical (unpaired) electrons. The first kappa shape index (κ1) is 15.7. The largest absolute Gasteiger partial charge is 0.332 e. The molecular formula is C13H8Cl4N2S. The number of hydrogen-bond donors (Lipinski definition) is 2. The smallest absolute Gasteiger partial charge is 0.175 e. The highest BCUT2D eigenvalue weighted by Crippen LogP contribution is 2.27. The van der Waals surface area contributed by atoms with Crippen molar-refractivity contribution in [2.45, 2.75) is 0 Å². The Labute approximate surface area is 142 Å². The van der Waals surface area contributed by atoms with E-state index in [9.17, 15) is 0 Å². The number of hydrogen-bond acceptors (Lipinski definition) is 1. The van der Waals surface area contributed by atoms with Crippen LogP contribution in [-0.2, 0) is 0 Å². The summed E-state index contributed by atoms with van der Waals surface area (Å²) in [5.41, 5.74) is 1.34. The Morgan fingerprint density at radius 3 is 2.20 bits per heavy atom. The standard InChI is InChI=1S/C13H8Cl4N2S/c14-7-1-3-10(16)12(5-7)19-13(20)18-8-2-4-9(15)11(17)6-8/h1-6H,(H2,18,19,20). The molecule has 0 aliphatic rings. The maximum atomic E-state index is 6.04. The Kier molecular flexibility index (Phi) is 5.35. The summed E-state index contributed by atoms with van der Waals surface area (Å²) in [6, 6.07) is 10.2. The molecule has 0 aliphatic heterocycles. The lowest BCUT2D eigenvalue weighted by Crippen LogP contribution is -2.19. The average Bonchev–Trinajstić information content (AvgIpc) is 2.38. The van der Waals surface area contributed by atoms with Crippen LogP contribution in [0.25, 0.3) is 0 Å². The molecule has 0 aromatic heterocycles. The molecule has 20 heavy (non-hydrogen) atoms. The maximum absolute atomic E-state index is 6.04. The molecule has 2 rings (SSSR count). The molecule has 0 unspecified atom stereocenters. The molecule has 0 saturated carbocycles. The van der Waals surface area contributed by atoms with Gasteiger partial charge in [-0.05, 0) is 48.6 Å². The Morgan fingerprint density at radius 2 is 1.50 bits per heavy atom. The molecule has 2 N–H and O–H groups in total. The zero-order valence-corrected chi connectivity index (χ0v) is 13.7. The summed E-state index contributed by atoms with van der Waals surface area (Å²) < 4.78 is 0. The van der Waals surface area contributed by atoms with E-state index < -0.39 is 0 Å². The lowest BCUT2D eigenvalue weighted by atomic mass is 10.3. The van der Waals surface area contributed by atoms with E-state index in [1.54, 1.807) is 36.4 Å². The van der Waals surface area contributed by atoms with Crippen molar-refractivity contribution in [2.24, 2.45) is 0 Å². The summed E-state index contributed by atoms with van der Waals surface area (Å²) in [7, 11) is 0. The highest BCUT2D eigenvalue weighted by atomic mass is 35.5. The Morgan fingerprint density at radius 1 is 0.800 bits per heavy atom. The lowest BCUT2D eigenvalue weighted by Gasteiger charge is -2.12. The van der Waals surface area contributed by atoms with Crippen LogP contribution in [0.2, 0.25) is 20.1 Å². The van der Waals surface area contributed by atoms with Gasteiger partial charge in [0.2, 0.25) is 0 Å². The molecule has 2 aromatic carbocycles. The predicted molar refractivity (Wildman–Crippen MR) is 92.8 cm³/mol. The SMILES string of the molecule is S=C(Nc1ccc(Cl)c(Cl)c1)Nc1cc(Cl)ccc1Cl. The minimum absolute atomic E-state index is 0.368. The van der Waals surface area contributed by atoms with E-state index in [2.05, 4.69) is 10.6 Å². The van der Waals surface area contributed by atoms with E-state index in [1.165, 1.54) is 0 Å². The zero-order valence-electron chi connectivity index (χ0n) is 9.88. The van der Waals surface area contributed by atoms with E-state index in [0.29, 0.717) is 30.9 Å². The number of rotatable bonds is 2. The van der Waals surface area contributed by atoms with Gasteiger partial charge in [-0.2, -0.15) is 0 Å². The Hall–Kier alpha value is -0.710. The topological polar surface area (TPSA) is 24.1 Å². The number of anilines is 2. The third-order valence-corrected chi connectivity index (χ3v) is 3.86. The van der Waals surface area contributed by atoms with Crippen molar-refractivity contribution in [3.8, 4) is 0 Å². The fraction of sp³-hybridized carbons (Fsp3) is 0. The van der Waals surface area contributed by atoms with E-state index >= 15 is 0 Å². The number of benzene rings is 2. The first-order chi connectivity index (χ1) is 9.45. The molecule has 0 saturated heterocycles. The molecule has 0 heterocycles. The first-order valence-electron chi connectivity index (χ1n) is 5.44. The quantitative estimate of drug-likeness (QED) is 0.628. The fourth-order valence-corrected chi connectivity index (χ4v) is 2.31. The second kappa shape index (κ2) is 6.83. The third-order valence-electron chi connectivity index (χ3n) is 2.35. The average molecular weight is 366 g/mol. The highest BCUT2D eigenvalue weighted by Gasteiger charge is 2.05. The van der Waals surface area contributed by atoms with Crippen LogP contribution in [0.1, 0.15) is 0 Å². The van der Waals surface area contributed by atoms with Crippen LogP contribution in [0.3, 0.4) is 0 Å². The summed E-state index contributed by atoms with van der Waals surface area (Å²) >= 11 is 28.9. The molecule has 2 aromatic rings. The van der Waals surface area contributed by atoms with E-state index in [-0.39, 0.29) is 0 Å². The van der Waals surface area contributed by atoms with Gasteiger partial charge >= 0.3 is 0 Å². The van der Waals surface area contributed by atoms with Gasteiger partial charge in [-0.1, -0.05) is 46.4 Å². The minimum Gasteiger partial charge on any atom is -0.332 e. The van der Waals surface area contributed by atoms with Gasteiger partial charge in [-0.15, -0.1) is 0 Å². The molecule has 7 heteroatoms. The molecule has 0 bridgehead atoms. The molecule has 0 aliphatic carbocycles. The second-order valence-electron chi connectivity index (χ2n) is 3.83. The van der Waals surface area contributed by atoms with Crippen molar-refractivity contribution in [3.05, 3.63) is 56.5 Å². The van der Waals surface area contributed by atoms with Crippen molar-refractivity contribution in [1.29, 1.82) is 0 Å². The number of thiocarbonyl (C=S) groups is 1. The van der Waals surface area contributed by atoms with Gasteiger partial charge in [0.1, 0.15) is 0 Å². The molecule has 0 atom stereocenters. The Balaban J connectivity index is 2.09. The van der Waals surface area contributed by atoms with Gasteiger partial charge in [0, 0.05) is 10.7 Å². The van der Waals surface area contributed by atoms with E-state index in [0.717, 1.165) is 5.69 Å². The summed E-state index contributed by atoms with van der Waals surface area (Å²) in [5.74, 6) is 0. The van der Waals surface area contributed by atoms with Crippen LogP contribution in [0.4, 0.5) is 11.4 Å². The number of nitrogens with one attached hydrogen (secondary N) is 2. The molecule has 0 fully saturated rings. The fourth-order valence-electron chi connectivity index (χ4n) is 1.45. The number of halogens is 4. The normalized spacial score (nSPS) is 10.2. The molecule has 2 nitrogen and oxygen atoms in total. The van der Waals surface area contributed by atoms with Crippen LogP contribution in [0.5, 0.6) is 0 Å². The maximum Gasteiger partial charge on any atom is 0.175 e. The van der Waals surface area contributed by atoms with Crippen LogP contribution in [-0.4, -0.2) is 5.11 Å². The van der Waals surface area contributed by atoms with Gasteiger partial charge in [0.25, 0.3) is 0 Å². The van der Waals surface area contributed by atoms with Gasteiger partial charge in [-0.25, -0.2) is 0 Å². The lowest BCUT2D eigenvalue weighted by molar-refractivity contribution is 1.59. The van der Waals surface area contributed by atoms with E-state index in [1.807, 2.05) is 0 Å². The van der Waals surface area contributed by atoms with Crippen molar-refractivity contribution in [1.82, 2.24) is 0 Å². The van der Waals surface area contributed by atoms with Crippen LogP contribution >= 0.6 is 58.6 Å². The van der Waals surface area contributed by atoms with Crippen LogP contribution in [0, 0.1) is 0 Å². The van der Waals surface area contributed by atoms with Crippen LogP contribution < -0.4 is 10.6 Å². The van der Waals surface area contributed by atoms with Gasteiger partial charge in [0.05, 0.1) is 20.8 Å². The van der Waals surface area contributed by atoms with Crippen LogP contribution in [0.15, 0.2) is 36.4 Å². The molecular weight excluding hydrogens is 358 g/mol. The molecule has 104 valence electrons. The van der Waals surface area contributed by atoms with Crippen molar-refractivity contribution in [3.63, 3.8) is 0 Å². The van der Waals surface area contributed by atoms with Crippen molar-refractivity contribution < 1.29 is 0 Å². The zero-order chi connectivity index (χ0) is 14.7. The molecule has 0 amide bonds. The van der Waals surface area contributed by atoms with Gasteiger partial charge < -0.3 is 10.6 Å². The first-order valence-corrected chi connectivity index (χ1v) is 7.36. The summed E-state index contributed by atoms with van der Waals surface area (Å²) in [6.07, 6.45) is 0. The van der Waals surface area contributed by atoms with Gasteiger partial charge in [-0.3, -0.25) is 0 Å². The Bertz CT molecular complexity index is 661. The molecule has 0 spiro atoms. The summed E-state index contributed by atoms with van der Waals surface area (Å²) in [6.45, 7) is 0.